The maximum atomic E-state index is 11.2. The molecule has 0 atom stereocenters. The summed E-state index contributed by atoms with van der Waals surface area (Å²) in [6.07, 6.45) is 0.393. The van der Waals surface area contributed by atoms with Gasteiger partial charge in [0.15, 0.2) is 0 Å². The van der Waals surface area contributed by atoms with Crippen molar-refractivity contribution < 1.29 is 8.78 Å². The van der Waals surface area contributed by atoms with Gasteiger partial charge in [0.1, 0.15) is 0 Å². The van der Waals surface area contributed by atoms with E-state index in [1.807, 2.05) is 0 Å². The molecule has 0 rings (SSSR count). The Morgan fingerprint density at radius 2 is 2.12 bits per heavy atom. The molecule has 0 aliphatic heterocycles. The summed E-state index contributed by atoms with van der Waals surface area (Å²) in [4.78, 5) is 0. The van der Waals surface area contributed by atoms with E-state index in [1.54, 1.807) is 0 Å². The first kappa shape index (κ1) is 7.89. The Balaban J connectivity index is 3.07. The maximum absolute atomic E-state index is 11.2. The first-order chi connectivity index (χ1) is 3.77. The quantitative estimate of drug-likeness (QED) is 0.417. The van der Waals surface area contributed by atoms with Crippen molar-refractivity contribution in [2.45, 2.75) is 12.8 Å². The summed E-state index contributed by atoms with van der Waals surface area (Å²) >= 11 is 5.19. The first-order valence-corrected chi connectivity index (χ1v) is 2.81. The summed E-state index contributed by atoms with van der Waals surface area (Å²) in [7, 11) is 0. The molecule has 0 nitrogen and oxygen atoms in total. The monoisotopic (exact) mass is 140 g/mol. The van der Waals surface area contributed by atoms with Crippen molar-refractivity contribution in [3.8, 4) is 0 Å². The highest BCUT2D eigenvalue weighted by molar-refractivity contribution is 6.17. The lowest BCUT2D eigenvalue weighted by atomic mass is 10.4. The molecule has 0 aliphatic rings. The zero-order chi connectivity index (χ0) is 6.41. The van der Waals surface area contributed by atoms with Gasteiger partial charge in [-0.25, -0.2) is 8.78 Å². The average molecular weight is 141 g/mol. The van der Waals surface area contributed by atoms with Crippen LogP contribution in [0.5, 0.6) is 0 Å². The third kappa shape index (κ3) is 5.89. The van der Waals surface area contributed by atoms with Gasteiger partial charge in [0.05, 0.1) is 0 Å². The second-order valence-electron chi connectivity index (χ2n) is 1.24. The highest BCUT2D eigenvalue weighted by Gasteiger charge is 1.89. The van der Waals surface area contributed by atoms with Crippen LogP contribution in [0.1, 0.15) is 6.42 Å². The summed E-state index contributed by atoms with van der Waals surface area (Å²) in [6, 6.07) is 0. The number of hydrogen-bond acceptors (Lipinski definition) is 0. The van der Waals surface area contributed by atoms with Gasteiger partial charge >= 0.3 is 0 Å². The van der Waals surface area contributed by atoms with Crippen LogP contribution in [0, 0.1) is 0 Å². The van der Waals surface area contributed by atoms with Crippen molar-refractivity contribution in [2.24, 2.45) is 0 Å². The number of rotatable bonds is 3. The van der Waals surface area contributed by atoms with E-state index in [0.717, 1.165) is 6.08 Å². The van der Waals surface area contributed by atoms with Crippen molar-refractivity contribution in [1.29, 1.82) is 0 Å². The maximum Gasteiger partial charge on any atom is 0.257 e. The summed E-state index contributed by atoms with van der Waals surface area (Å²) in [5.74, 6) is 0.406. The number of hydrogen-bond donors (Lipinski definition) is 0. The van der Waals surface area contributed by atoms with E-state index < -0.39 is 6.43 Å². The molecule has 48 valence electrons. The van der Waals surface area contributed by atoms with E-state index >= 15 is 0 Å². The van der Waals surface area contributed by atoms with Crippen LogP contribution in [0.2, 0.25) is 0 Å². The fourth-order valence-corrected chi connectivity index (χ4v) is 0.388. The fraction of sp³-hybridized carbons (Fsp3) is 0.600. The van der Waals surface area contributed by atoms with Gasteiger partial charge in [0.25, 0.3) is 6.43 Å². The molecule has 0 amide bonds. The molecule has 0 unspecified atom stereocenters. The van der Waals surface area contributed by atoms with Crippen LogP contribution in [0.25, 0.3) is 0 Å². The van der Waals surface area contributed by atoms with E-state index in [-0.39, 0.29) is 0 Å². The molecule has 0 heterocycles. The Morgan fingerprint density at radius 1 is 1.50 bits per heavy atom. The van der Waals surface area contributed by atoms with Crippen molar-refractivity contribution in [3.05, 3.63) is 12.2 Å². The minimum atomic E-state index is -2.33. The lowest BCUT2D eigenvalue weighted by Gasteiger charge is -1.83. The topological polar surface area (TPSA) is 0 Å². The molecule has 0 N–H and O–H groups in total. The lowest BCUT2D eigenvalue weighted by Crippen LogP contribution is -1.79. The molecule has 3 heteroatoms. The van der Waals surface area contributed by atoms with Gasteiger partial charge in [-0.2, -0.15) is 0 Å². The largest absolute Gasteiger partial charge is 0.257 e. The molecule has 0 aromatic heterocycles. The standard InChI is InChI=1S/C5H7ClF2/c6-4-2-1-3-5(7)8/h1,3,5H,2,4H2/b3-1+. The minimum Gasteiger partial charge on any atom is -0.206 e. The second-order valence-corrected chi connectivity index (χ2v) is 1.62. The molecule has 0 aliphatic carbocycles. The Bertz CT molecular complexity index is 70.8. The summed E-state index contributed by atoms with van der Waals surface area (Å²) in [6.45, 7) is 0. The average Bonchev–Trinajstić information content (AvgIpc) is 1.66. The van der Waals surface area contributed by atoms with Crippen molar-refractivity contribution in [1.82, 2.24) is 0 Å². The van der Waals surface area contributed by atoms with E-state index in [4.69, 9.17) is 11.6 Å². The molecule has 8 heavy (non-hydrogen) atoms. The van der Waals surface area contributed by atoms with E-state index in [1.165, 1.54) is 6.08 Å². The molecular formula is C5H7ClF2. The molecule has 0 aromatic rings. The van der Waals surface area contributed by atoms with Crippen LogP contribution in [0.3, 0.4) is 0 Å². The molecule has 0 saturated carbocycles. The predicted molar refractivity (Wildman–Crippen MR) is 30.5 cm³/mol. The van der Waals surface area contributed by atoms with Crippen molar-refractivity contribution >= 4 is 11.6 Å². The molecule has 0 fully saturated rings. The molecule has 0 aromatic carbocycles. The van der Waals surface area contributed by atoms with Crippen LogP contribution in [0.15, 0.2) is 12.2 Å². The number of alkyl halides is 3. The number of halogens is 3. The second kappa shape index (κ2) is 5.04. The Hall–Kier alpha value is -0.110. The normalized spacial score (nSPS) is 11.5. The molecular weight excluding hydrogens is 134 g/mol. The van der Waals surface area contributed by atoms with Crippen LogP contribution in [-0.2, 0) is 0 Å². The number of allylic oxidation sites excluding steroid dienone is 2. The minimum absolute atomic E-state index is 0.406. The van der Waals surface area contributed by atoms with E-state index in [2.05, 4.69) is 0 Å². The zero-order valence-electron chi connectivity index (χ0n) is 4.28. The third-order valence-corrected chi connectivity index (χ3v) is 0.776. The van der Waals surface area contributed by atoms with Gasteiger partial charge in [0, 0.05) is 5.88 Å². The molecule has 0 bridgehead atoms. The Morgan fingerprint density at radius 3 is 2.50 bits per heavy atom. The Labute approximate surface area is 52.1 Å². The molecule has 0 spiro atoms. The van der Waals surface area contributed by atoms with Crippen LogP contribution in [-0.4, -0.2) is 12.3 Å². The predicted octanol–water partition coefficient (Wildman–Crippen LogP) is 2.44. The van der Waals surface area contributed by atoms with Gasteiger partial charge < -0.3 is 0 Å². The fourth-order valence-electron chi connectivity index (χ4n) is 0.262. The SMILES string of the molecule is FC(F)/C=C/CCCl. The third-order valence-electron chi connectivity index (χ3n) is 0.557. The lowest BCUT2D eigenvalue weighted by molar-refractivity contribution is 0.204. The van der Waals surface area contributed by atoms with Crippen molar-refractivity contribution in [3.63, 3.8) is 0 Å². The van der Waals surface area contributed by atoms with Crippen LogP contribution in [0.4, 0.5) is 8.78 Å². The zero-order valence-corrected chi connectivity index (χ0v) is 5.04. The summed E-state index contributed by atoms with van der Waals surface area (Å²) in [5.41, 5.74) is 0. The van der Waals surface area contributed by atoms with E-state index in [0.29, 0.717) is 12.3 Å². The van der Waals surface area contributed by atoms with Gasteiger partial charge in [-0.3, -0.25) is 0 Å². The smallest absolute Gasteiger partial charge is 0.206 e. The van der Waals surface area contributed by atoms with E-state index in [9.17, 15) is 8.78 Å². The van der Waals surface area contributed by atoms with Gasteiger partial charge in [-0.15, -0.1) is 11.6 Å². The van der Waals surface area contributed by atoms with Gasteiger partial charge in [-0.05, 0) is 12.5 Å². The first-order valence-electron chi connectivity index (χ1n) is 2.28. The molecule has 0 radical (unpaired) electrons. The summed E-state index contributed by atoms with van der Waals surface area (Å²) in [5, 5.41) is 0. The Kier molecular flexibility index (Phi) is 4.97. The highest BCUT2D eigenvalue weighted by atomic mass is 35.5. The van der Waals surface area contributed by atoms with Crippen molar-refractivity contribution in [2.75, 3.05) is 5.88 Å². The van der Waals surface area contributed by atoms with Gasteiger partial charge in [0.2, 0.25) is 0 Å². The molecule has 0 saturated heterocycles. The van der Waals surface area contributed by atoms with Gasteiger partial charge in [-0.1, -0.05) is 6.08 Å². The highest BCUT2D eigenvalue weighted by Crippen LogP contribution is 1.95. The van der Waals surface area contributed by atoms with Crippen LogP contribution < -0.4 is 0 Å². The van der Waals surface area contributed by atoms with Crippen LogP contribution >= 0.6 is 11.6 Å². The summed E-state index contributed by atoms with van der Waals surface area (Å²) < 4.78 is 22.5.